The maximum absolute atomic E-state index is 13.1. The normalized spacial score (nSPS) is 11.0. The van der Waals surface area contributed by atoms with E-state index in [0.717, 1.165) is 46.9 Å². The van der Waals surface area contributed by atoms with E-state index >= 15 is 0 Å². The van der Waals surface area contributed by atoms with Gasteiger partial charge in [-0.2, -0.15) is 5.10 Å². The topological polar surface area (TPSA) is 39.0 Å². The van der Waals surface area contributed by atoms with Crippen LogP contribution >= 0.6 is 0 Å². The number of benzene rings is 1. The van der Waals surface area contributed by atoms with Gasteiger partial charge in [0.2, 0.25) is 0 Å². The number of fused-ring (bicyclic) bond motifs is 1. The number of anilines is 1. The SMILES string of the molecule is CCc1nn2c(-c3ccc(OC)cc3OC)cccc2c1N(CC)CCF. The molecule has 2 heterocycles. The summed E-state index contributed by atoms with van der Waals surface area (Å²) in [7, 11) is 3.27. The third-order valence-corrected chi connectivity index (χ3v) is 4.77. The van der Waals surface area contributed by atoms with Crippen molar-refractivity contribution < 1.29 is 13.9 Å². The van der Waals surface area contributed by atoms with E-state index in [-0.39, 0.29) is 6.67 Å². The Labute approximate surface area is 159 Å². The number of rotatable bonds is 8. The first kappa shape index (κ1) is 19.0. The Kier molecular flexibility index (Phi) is 5.84. The van der Waals surface area contributed by atoms with Crippen molar-refractivity contribution in [2.24, 2.45) is 0 Å². The van der Waals surface area contributed by atoms with E-state index in [1.165, 1.54) is 0 Å². The van der Waals surface area contributed by atoms with Gasteiger partial charge in [-0.25, -0.2) is 8.91 Å². The van der Waals surface area contributed by atoms with Gasteiger partial charge in [-0.05, 0) is 37.6 Å². The second-order valence-electron chi connectivity index (χ2n) is 6.19. The molecule has 0 N–H and O–H groups in total. The van der Waals surface area contributed by atoms with E-state index in [9.17, 15) is 4.39 Å². The van der Waals surface area contributed by atoms with E-state index in [1.54, 1.807) is 14.2 Å². The molecule has 0 aliphatic rings. The highest BCUT2D eigenvalue weighted by molar-refractivity contribution is 5.80. The molecule has 144 valence electrons. The number of ether oxygens (including phenoxy) is 2. The summed E-state index contributed by atoms with van der Waals surface area (Å²) in [6.07, 6.45) is 0.777. The highest BCUT2D eigenvalue weighted by Gasteiger charge is 2.20. The minimum Gasteiger partial charge on any atom is -0.497 e. The summed E-state index contributed by atoms with van der Waals surface area (Å²) >= 11 is 0. The Bertz CT molecular complexity index is 923. The zero-order valence-corrected chi connectivity index (χ0v) is 16.3. The van der Waals surface area contributed by atoms with E-state index in [0.29, 0.717) is 12.3 Å². The predicted molar refractivity (Wildman–Crippen MR) is 107 cm³/mol. The smallest absolute Gasteiger partial charge is 0.131 e. The number of halogens is 1. The molecule has 3 aromatic rings. The van der Waals surface area contributed by atoms with Crippen LogP contribution in [0.5, 0.6) is 11.5 Å². The lowest BCUT2D eigenvalue weighted by Gasteiger charge is -2.21. The lowest BCUT2D eigenvalue weighted by atomic mass is 10.1. The van der Waals surface area contributed by atoms with Crippen LogP contribution < -0.4 is 14.4 Å². The molecule has 0 aliphatic carbocycles. The maximum atomic E-state index is 13.1. The van der Waals surface area contributed by atoms with Gasteiger partial charge in [0, 0.05) is 24.7 Å². The van der Waals surface area contributed by atoms with Crippen molar-refractivity contribution in [2.75, 3.05) is 38.9 Å². The van der Waals surface area contributed by atoms with Crippen LogP contribution in [0, 0.1) is 0 Å². The minimum atomic E-state index is -0.389. The Morgan fingerprint density at radius 1 is 1.11 bits per heavy atom. The maximum Gasteiger partial charge on any atom is 0.131 e. The first-order valence-corrected chi connectivity index (χ1v) is 9.22. The van der Waals surface area contributed by atoms with Crippen molar-refractivity contribution in [3.8, 4) is 22.8 Å². The standard InChI is InChI=1S/C21H26FN3O2/c1-5-17-21(24(6-2)13-12-22)19-9-7-8-18(25(19)23-17)16-11-10-15(26-3)14-20(16)27-4/h7-11,14H,5-6,12-13H2,1-4H3. The van der Waals surface area contributed by atoms with Gasteiger partial charge in [-0.3, -0.25) is 0 Å². The lowest BCUT2D eigenvalue weighted by Crippen LogP contribution is -2.25. The van der Waals surface area contributed by atoms with Gasteiger partial charge in [0.1, 0.15) is 18.2 Å². The van der Waals surface area contributed by atoms with Crippen LogP contribution in [-0.2, 0) is 6.42 Å². The van der Waals surface area contributed by atoms with Gasteiger partial charge in [-0.15, -0.1) is 0 Å². The summed E-state index contributed by atoms with van der Waals surface area (Å²) in [6, 6.07) is 11.8. The number of hydrogen-bond acceptors (Lipinski definition) is 4. The molecule has 0 radical (unpaired) electrons. The molecule has 1 aromatic carbocycles. The number of hydrogen-bond donors (Lipinski definition) is 0. The first-order valence-electron chi connectivity index (χ1n) is 9.22. The third-order valence-electron chi connectivity index (χ3n) is 4.77. The quantitative estimate of drug-likeness (QED) is 0.589. The van der Waals surface area contributed by atoms with Crippen LogP contribution in [-0.4, -0.2) is 43.6 Å². The molecule has 2 aromatic heterocycles. The van der Waals surface area contributed by atoms with Crippen molar-refractivity contribution in [3.63, 3.8) is 0 Å². The van der Waals surface area contributed by atoms with Gasteiger partial charge in [-0.1, -0.05) is 13.0 Å². The molecule has 6 heteroatoms. The van der Waals surface area contributed by atoms with Gasteiger partial charge in [0.25, 0.3) is 0 Å². The molecule has 0 saturated carbocycles. The average Bonchev–Trinajstić information content (AvgIpc) is 3.10. The molecule has 3 rings (SSSR count). The number of methoxy groups -OCH3 is 2. The second-order valence-corrected chi connectivity index (χ2v) is 6.19. The molecule has 5 nitrogen and oxygen atoms in total. The molecule has 0 aliphatic heterocycles. The molecule has 0 unspecified atom stereocenters. The van der Waals surface area contributed by atoms with Gasteiger partial charge < -0.3 is 14.4 Å². The van der Waals surface area contributed by atoms with Crippen LogP contribution in [0.1, 0.15) is 19.5 Å². The average molecular weight is 371 g/mol. The Morgan fingerprint density at radius 2 is 1.93 bits per heavy atom. The second kappa shape index (κ2) is 8.29. The predicted octanol–water partition coefficient (Wildman–Crippen LogP) is 4.38. The molecule has 0 saturated heterocycles. The van der Waals surface area contributed by atoms with E-state index in [2.05, 4.69) is 11.8 Å². The van der Waals surface area contributed by atoms with Crippen LogP contribution in [0.2, 0.25) is 0 Å². The van der Waals surface area contributed by atoms with Crippen molar-refractivity contribution >= 4 is 11.2 Å². The first-order chi connectivity index (χ1) is 13.2. The van der Waals surface area contributed by atoms with E-state index < -0.39 is 0 Å². The highest BCUT2D eigenvalue weighted by atomic mass is 19.1. The van der Waals surface area contributed by atoms with Crippen molar-refractivity contribution in [1.82, 2.24) is 9.61 Å². The molecule has 0 bridgehead atoms. The largest absolute Gasteiger partial charge is 0.497 e. The monoisotopic (exact) mass is 371 g/mol. The lowest BCUT2D eigenvalue weighted by molar-refractivity contribution is 0.395. The highest BCUT2D eigenvalue weighted by Crippen LogP contribution is 2.36. The number of pyridine rings is 1. The van der Waals surface area contributed by atoms with Crippen molar-refractivity contribution in [3.05, 3.63) is 42.1 Å². The van der Waals surface area contributed by atoms with Crippen molar-refractivity contribution in [2.45, 2.75) is 20.3 Å². The minimum absolute atomic E-state index is 0.362. The fourth-order valence-corrected chi connectivity index (χ4v) is 3.43. The van der Waals surface area contributed by atoms with Gasteiger partial charge in [0.05, 0.1) is 36.8 Å². The number of nitrogens with zero attached hydrogens (tertiary/aromatic N) is 3. The van der Waals surface area contributed by atoms with Gasteiger partial charge in [0.15, 0.2) is 0 Å². The van der Waals surface area contributed by atoms with E-state index in [4.69, 9.17) is 14.6 Å². The Balaban J connectivity index is 2.24. The molecule has 27 heavy (non-hydrogen) atoms. The zero-order chi connectivity index (χ0) is 19.4. The number of aryl methyl sites for hydroxylation is 1. The third kappa shape index (κ3) is 3.44. The van der Waals surface area contributed by atoms with Crippen LogP contribution in [0.4, 0.5) is 10.1 Å². The summed E-state index contributed by atoms with van der Waals surface area (Å²) in [5.74, 6) is 1.45. The fraction of sp³-hybridized carbons (Fsp3) is 0.381. The van der Waals surface area contributed by atoms with Crippen LogP contribution in [0.15, 0.2) is 36.4 Å². The summed E-state index contributed by atoms with van der Waals surface area (Å²) in [5.41, 5.74) is 4.79. The number of aromatic nitrogens is 2. The molecule has 0 amide bonds. The van der Waals surface area contributed by atoms with E-state index in [1.807, 2.05) is 47.8 Å². The summed E-state index contributed by atoms with van der Waals surface area (Å²) in [4.78, 5) is 2.05. The summed E-state index contributed by atoms with van der Waals surface area (Å²) in [5, 5.41) is 4.84. The molecule has 0 spiro atoms. The van der Waals surface area contributed by atoms with Gasteiger partial charge >= 0.3 is 0 Å². The Morgan fingerprint density at radius 3 is 2.56 bits per heavy atom. The van der Waals surface area contributed by atoms with Crippen LogP contribution in [0.25, 0.3) is 16.8 Å². The summed E-state index contributed by atoms with van der Waals surface area (Å²) in [6.45, 7) is 4.81. The molecule has 0 fully saturated rings. The number of alkyl halides is 1. The van der Waals surface area contributed by atoms with Crippen LogP contribution in [0.3, 0.4) is 0 Å². The molecule has 0 atom stereocenters. The summed E-state index contributed by atoms with van der Waals surface area (Å²) < 4.78 is 25.9. The fourth-order valence-electron chi connectivity index (χ4n) is 3.43. The molecular formula is C21H26FN3O2. The van der Waals surface area contributed by atoms with Crippen molar-refractivity contribution in [1.29, 1.82) is 0 Å². The Hall–Kier alpha value is -2.76. The molecular weight excluding hydrogens is 345 g/mol. The zero-order valence-electron chi connectivity index (χ0n) is 16.3.